The summed E-state index contributed by atoms with van der Waals surface area (Å²) in [5.41, 5.74) is 9.47. The van der Waals surface area contributed by atoms with Gasteiger partial charge in [0.25, 0.3) is 0 Å². The molecular formula is C96H177N21. The topological polar surface area (TPSA) is 242 Å². The SMILES string of the molecule is CC(C)(C)c1c[nH]c(C(C)(C)C)c1.CC(C)(C)c1ccn(C(C)(C)C)c1.CC(C)(C)c1ccn(C(C)(C)C)n1.CC(C)(C)c1cn(C(C)(C)C)cn1.CC(C)(C)c1cnc(C(C)(C)C)[nH]1.CC(C)(C)c1n[nH]c(C(C)(C)C)n1.CC(C)(C)c1n[nH]c(C(C)(C)C)n1.CC(C)(C)c1ncn(C(C)(C)C)n1.CC(C)(C)c1nnn(C(C)(C)C)n1. The first-order valence-corrected chi connectivity index (χ1v) is 42.6. The van der Waals surface area contributed by atoms with E-state index in [0.717, 1.165) is 52.2 Å². The van der Waals surface area contributed by atoms with E-state index in [0.29, 0.717) is 0 Å². The van der Waals surface area contributed by atoms with Crippen LogP contribution in [0.15, 0.2) is 68.0 Å². The zero-order valence-electron chi connectivity index (χ0n) is 85.5. The highest BCUT2D eigenvalue weighted by Crippen LogP contribution is 2.32. The smallest absolute Gasteiger partial charge is 0.180 e. The average Bonchev–Trinajstić information content (AvgIpc) is 1.77. The molecule has 0 amide bonds. The molecule has 0 unspecified atom stereocenters. The second-order valence-electron chi connectivity index (χ2n) is 50.1. The van der Waals surface area contributed by atoms with Crippen LogP contribution in [0.25, 0.3) is 0 Å². The van der Waals surface area contributed by atoms with Gasteiger partial charge >= 0.3 is 0 Å². The molecule has 0 spiro atoms. The molecule has 0 aliphatic carbocycles. The van der Waals surface area contributed by atoms with Crippen molar-refractivity contribution in [3.05, 3.63) is 143 Å². The monoisotopic (exact) mass is 1620 g/mol. The van der Waals surface area contributed by atoms with Gasteiger partial charge in [-0.05, 0) is 149 Å². The normalized spacial score (nSPS) is 13.4. The molecular weight excluding hydrogens is 1450 g/mol. The van der Waals surface area contributed by atoms with Crippen LogP contribution in [-0.4, -0.2) is 104 Å². The van der Waals surface area contributed by atoms with Gasteiger partial charge in [0.2, 0.25) is 0 Å². The van der Waals surface area contributed by atoms with E-state index in [1.54, 1.807) is 11.1 Å². The summed E-state index contributed by atoms with van der Waals surface area (Å²) in [6.45, 7) is 117. The van der Waals surface area contributed by atoms with Gasteiger partial charge in [-0.15, -0.1) is 10.2 Å². The van der Waals surface area contributed by atoms with Crippen molar-refractivity contribution in [2.75, 3.05) is 0 Å². The third-order valence-electron chi connectivity index (χ3n) is 18.2. The van der Waals surface area contributed by atoms with Crippen molar-refractivity contribution < 1.29 is 0 Å². The Kier molecular flexibility index (Phi) is 35.1. The minimum Gasteiger partial charge on any atom is -0.364 e. The molecule has 21 nitrogen and oxygen atoms in total. The quantitative estimate of drug-likeness (QED) is 0.111. The highest BCUT2D eigenvalue weighted by Gasteiger charge is 2.31. The van der Waals surface area contributed by atoms with E-state index in [1.807, 2.05) is 21.9 Å². The zero-order valence-corrected chi connectivity index (χ0v) is 85.5. The Morgan fingerprint density at radius 2 is 0.701 bits per heavy atom. The van der Waals surface area contributed by atoms with E-state index >= 15 is 0 Å². The second kappa shape index (κ2) is 38.2. The molecule has 9 aromatic rings. The standard InChI is InChI=1S/2C12H21N.3C11H20N2.3C10H19N3.C9H18N4/c1-11(2,3)9-7-10(13-8-9)12(4,5)6;1-11(2,3)10-7-8-13(9-10)12(4,5)6;1-10(2,3)9-7-13(8-12-9)11(4,5)6;1-10(2,3)8-7-12-9(13-8)11(4,5)6;1-10(2,3)9-7-8-13(12-9)11(4,5)6;1-9(2,3)8-11-7-13(12-8)10(4,5)6;2*1-9(2,3)7-11-8(13-12-7)10(4,5)6;1-8(2,3)7-10-12-13(11-7)9(4,5)6/h7-8,13H,1-6H3;7-9H,1-6H3;7-8H,1-6H3;7H,1-6H3,(H,12,13);7-8H,1-6H3;7H,1-6H3;2*1-6H3,(H,11,12,13);1-6H3. The Balaban J connectivity index is 0.000000658. The molecule has 21 heteroatoms. The number of aromatic amines is 4. The fourth-order valence-corrected chi connectivity index (χ4v) is 9.37. The van der Waals surface area contributed by atoms with Crippen LogP contribution in [0.5, 0.6) is 0 Å². The molecule has 0 aromatic carbocycles. The maximum Gasteiger partial charge on any atom is 0.180 e. The van der Waals surface area contributed by atoms with E-state index < -0.39 is 0 Å². The molecule has 0 bridgehead atoms. The molecule has 0 aliphatic rings. The summed E-state index contributed by atoms with van der Waals surface area (Å²) in [6.07, 6.45) is 16.4. The Hall–Kier alpha value is -7.32. The van der Waals surface area contributed by atoms with Crippen LogP contribution in [0.2, 0.25) is 0 Å². The number of aromatic nitrogens is 21. The summed E-state index contributed by atoms with van der Waals surface area (Å²) in [5.74, 6) is 6.45. The maximum atomic E-state index is 4.57. The molecule has 117 heavy (non-hydrogen) atoms. The van der Waals surface area contributed by atoms with Crippen molar-refractivity contribution in [1.82, 2.24) is 104 Å². The number of H-pyrrole nitrogens is 4. The van der Waals surface area contributed by atoms with Gasteiger partial charge in [-0.1, -0.05) is 270 Å². The van der Waals surface area contributed by atoms with Gasteiger partial charge in [0, 0.05) is 119 Å². The van der Waals surface area contributed by atoms with Gasteiger partial charge in [-0.25, -0.2) is 29.6 Å². The van der Waals surface area contributed by atoms with E-state index in [-0.39, 0.29) is 98.1 Å². The minimum atomic E-state index is -0.0868. The van der Waals surface area contributed by atoms with Gasteiger partial charge in [0.05, 0.1) is 34.3 Å². The number of tetrazole rings is 1. The van der Waals surface area contributed by atoms with Gasteiger partial charge in [0.1, 0.15) is 23.8 Å². The average molecular weight is 1630 g/mol. The Morgan fingerprint density at radius 1 is 0.291 bits per heavy atom. The van der Waals surface area contributed by atoms with Crippen LogP contribution in [-0.2, 0) is 98.1 Å². The number of nitrogens with one attached hydrogen (secondary N) is 4. The summed E-state index contributed by atoms with van der Waals surface area (Å²) in [4.78, 5) is 30.5. The molecule has 0 radical (unpaired) electrons. The van der Waals surface area contributed by atoms with Crippen molar-refractivity contribution in [2.45, 2.75) is 472 Å². The largest absolute Gasteiger partial charge is 0.364 e. The lowest BCUT2D eigenvalue weighted by atomic mass is 9.86. The van der Waals surface area contributed by atoms with Crippen molar-refractivity contribution >= 4 is 0 Å². The predicted octanol–water partition coefficient (Wildman–Crippen LogP) is 24.9. The van der Waals surface area contributed by atoms with Crippen molar-refractivity contribution in [3.8, 4) is 0 Å². The van der Waals surface area contributed by atoms with E-state index in [9.17, 15) is 0 Å². The highest BCUT2D eigenvalue weighted by atomic mass is 15.6. The number of hydrogen-bond donors (Lipinski definition) is 4. The summed E-state index contributed by atoms with van der Waals surface area (Å²) in [5, 5.41) is 35.9. The number of imidazole rings is 2. The summed E-state index contributed by atoms with van der Waals surface area (Å²) in [6, 6.07) is 6.59. The lowest BCUT2D eigenvalue weighted by Gasteiger charge is -2.22. The van der Waals surface area contributed by atoms with Crippen molar-refractivity contribution in [3.63, 3.8) is 0 Å². The molecule has 4 N–H and O–H groups in total. The number of nitrogens with zero attached hydrogens (tertiary/aromatic N) is 17. The summed E-state index contributed by atoms with van der Waals surface area (Å²) >= 11 is 0. The molecule has 9 rings (SSSR count). The summed E-state index contributed by atoms with van der Waals surface area (Å²) in [7, 11) is 0. The molecule has 0 saturated carbocycles. The summed E-state index contributed by atoms with van der Waals surface area (Å²) < 4.78 is 8.36. The van der Waals surface area contributed by atoms with E-state index in [2.05, 4.69) is 513 Å². The molecule has 0 aliphatic heterocycles. The lowest BCUT2D eigenvalue weighted by molar-refractivity contribution is 0.303. The van der Waals surface area contributed by atoms with Gasteiger partial charge in [0.15, 0.2) is 23.3 Å². The number of hydrogen-bond acceptors (Lipinski definition) is 12. The van der Waals surface area contributed by atoms with Crippen LogP contribution >= 0.6 is 0 Å². The molecule has 0 atom stereocenters. The van der Waals surface area contributed by atoms with Crippen LogP contribution in [0.3, 0.4) is 0 Å². The maximum absolute atomic E-state index is 4.57. The molecule has 666 valence electrons. The highest BCUT2D eigenvalue weighted by molar-refractivity contribution is 5.28. The van der Waals surface area contributed by atoms with Gasteiger partial charge in [-0.2, -0.15) is 25.2 Å². The molecule has 0 fully saturated rings. The van der Waals surface area contributed by atoms with E-state index in [4.69, 9.17) is 0 Å². The van der Waals surface area contributed by atoms with Gasteiger partial charge < -0.3 is 19.1 Å². The van der Waals surface area contributed by atoms with Crippen molar-refractivity contribution in [1.29, 1.82) is 0 Å². The minimum absolute atomic E-state index is 0.0243. The van der Waals surface area contributed by atoms with E-state index in [1.165, 1.54) is 22.5 Å². The van der Waals surface area contributed by atoms with Gasteiger partial charge in [-0.3, -0.25) is 14.9 Å². The van der Waals surface area contributed by atoms with Crippen molar-refractivity contribution in [2.24, 2.45) is 0 Å². The fraction of sp³-hybridized carbons (Fsp3) is 0.750. The van der Waals surface area contributed by atoms with Crippen LogP contribution < -0.4 is 0 Å². The second-order valence-corrected chi connectivity index (χ2v) is 50.1. The number of rotatable bonds is 0. The Morgan fingerprint density at radius 3 is 0.906 bits per heavy atom. The van der Waals surface area contributed by atoms with Crippen LogP contribution in [0.4, 0.5) is 0 Å². The zero-order chi connectivity index (χ0) is 92.5. The van der Waals surface area contributed by atoms with Crippen LogP contribution in [0.1, 0.15) is 449 Å². The molecule has 9 aromatic heterocycles. The first-order valence-electron chi connectivity index (χ1n) is 42.6. The Labute approximate surface area is 715 Å². The molecule has 0 saturated heterocycles. The lowest BCUT2D eigenvalue weighted by Crippen LogP contribution is -2.25. The first kappa shape index (κ1) is 108. The predicted molar refractivity (Wildman–Crippen MR) is 497 cm³/mol. The Bertz CT molecular complexity index is 3190. The third-order valence-corrected chi connectivity index (χ3v) is 18.2. The third kappa shape index (κ3) is 37.5. The fourth-order valence-electron chi connectivity index (χ4n) is 9.37. The first-order chi connectivity index (χ1) is 51.4. The van der Waals surface area contributed by atoms with Crippen LogP contribution in [0, 0.1) is 0 Å². The molecule has 9 heterocycles.